The predicted octanol–water partition coefficient (Wildman–Crippen LogP) is 3.59. The number of hydrogen-bond acceptors (Lipinski definition) is 3. The molecular weight excluding hydrogens is 513 g/mol. The maximum Gasteiger partial charge on any atom is 0.250 e. The van der Waals surface area contributed by atoms with Crippen LogP contribution < -0.4 is 16.2 Å². The van der Waals surface area contributed by atoms with Gasteiger partial charge < -0.3 is 15.2 Å². The van der Waals surface area contributed by atoms with Gasteiger partial charge in [-0.15, -0.1) is 24.0 Å². The Morgan fingerprint density at radius 3 is 2.53 bits per heavy atom. The van der Waals surface area contributed by atoms with E-state index in [4.69, 9.17) is 4.99 Å². The number of aromatic nitrogens is 1. The van der Waals surface area contributed by atoms with Crippen LogP contribution in [0.5, 0.6) is 0 Å². The highest BCUT2D eigenvalue weighted by Gasteiger charge is 2.30. The SMILES string of the molecule is CCNC(=NCc1ccc(Cn2ccccc2=O)cc1)NC1CCN(C2CCCC2)C1.I. The van der Waals surface area contributed by atoms with E-state index in [0.717, 1.165) is 30.7 Å². The third kappa shape index (κ3) is 6.81. The Labute approximate surface area is 208 Å². The maximum atomic E-state index is 11.9. The Morgan fingerprint density at radius 2 is 1.81 bits per heavy atom. The molecule has 32 heavy (non-hydrogen) atoms. The molecule has 2 aromatic rings. The van der Waals surface area contributed by atoms with Crippen LogP contribution in [0.25, 0.3) is 0 Å². The number of hydrogen-bond donors (Lipinski definition) is 2. The molecule has 2 heterocycles. The van der Waals surface area contributed by atoms with Crippen molar-refractivity contribution in [2.75, 3.05) is 19.6 Å². The van der Waals surface area contributed by atoms with E-state index in [9.17, 15) is 4.79 Å². The van der Waals surface area contributed by atoms with Crippen molar-refractivity contribution in [2.24, 2.45) is 4.99 Å². The van der Waals surface area contributed by atoms with Crippen molar-refractivity contribution in [3.63, 3.8) is 0 Å². The van der Waals surface area contributed by atoms with E-state index < -0.39 is 0 Å². The lowest BCUT2D eigenvalue weighted by Crippen LogP contribution is -2.45. The fourth-order valence-electron chi connectivity index (χ4n) is 4.73. The first kappa shape index (κ1) is 24.8. The summed E-state index contributed by atoms with van der Waals surface area (Å²) in [4.78, 5) is 19.4. The summed E-state index contributed by atoms with van der Waals surface area (Å²) >= 11 is 0. The molecule has 7 heteroatoms. The molecule has 0 spiro atoms. The number of pyridine rings is 1. The second kappa shape index (κ2) is 12.4. The highest BCUT2D eigenvalue weighted by atomic mass is 127. The van der Waals surface area contributed by atoms with E-state index in [1.54, 1.807) is 16.7 Å². The Balaban J connectivity index is 0.00000289. The average Bonchev–Trinajstić information content (AvgIpc) is 3.47. The second-order valence-corrected chi connectivity index (χ2v) is 8.74. The Morgan fingerprint density at radius 1 is 1.06 bits per heavy atom. The van der Waals surface area contributed by atoms with E-state index in [0.29, 0.717) is 19.1 Å². The van der Waals surface area contributed by atoms with Crippen LogP contribution in [0, 0.1) is 0 Å². The van der Waals surface area contributed by atoms with Crippen LogP contribution in [-0.4, -0.2) is 47.1 Å². The fourth-order valence-corrected chi connectivity index (χ4v) is 4.73. The summed E-state index contributed by atoms with van der Waals surface area (Å²) in [6.07, 6.45) is 8.54. The minimum Gasteiger partial charge on any atom is -0.357 e. The van der Waals surface area contributed by atoms with Crippen molar-refractivity contribution < 1.29 is 0 Å². The van der Waals surface area contributed by atoms with Gasteiger partial charge in [0.2, 0.25) is 0 Å². The van der Waals surface area contributed by atoms with E-state index in [1.807, 2.05) is 12.3 Å². The molecule has 1 saturated carbocycles. The van der Waals surface area contributed by atoms with E-state index in [-0.39, 0.29) is 29.5 Å². The standard InChI is InChI=1S/C25H35N5O.HI/c1-2-26-25(28-22-14-16-29(19-22)23-7-3-4-8-23)27-17-20-10-12-21(13-11-20)18-30-15-6-5-9-24(30)31;/h5-6,9-13,15,22-23H,2-4,7-8,14,16-19H2,1H3,(H2,26,27,28);1H. The van der Waals surface area contributed by atoms with Gasteiger partial charge >= 0.3 is 0 Å². The number of nitrogens with one attached hydrogen (secondary N) is 2. The van der Waals surface area contributed by atoms with Crippen molar-refractivity contribution in [2.45, 2.75) is 64.2 Å². The molecule has 1 aromatic carbocycles. The van der Waals surface area contributed by atoms with Crippen LogP contribution in [0.4, 0.5) is 0 Å². The lowest BCUT2D eigenvalue weighted by atomic mass is 10.1. The van der Waals surface area contributed by atoms with Crippen LogP contribution in [-0.2, 0) is 13.1 Å². The molecule has 1 aromatic heterocycles. The summed E-state index contributed by atoms with van der Waals surface area (Å²) in [6, 6.07) is 14.9. The first-order chi connectivity index (χ1) is 15.2. The van der Waals surface area contributed by atoms with Crippen LogP contribution in [0.1, 0.15) is 50.2 Å². The lowest BCUT2D eigenvalue weighted by Gasteiger charge is -2.24. The molecule has 4 rings (SSSR count). The number of benzene rings is 1. The number of likely N-dealkylation sites (tertiary alicyclic amines) is 1. The van der Waals surface area contributed by atoms with Crippen molar-refractivity contribution in [1.82, 2.24) is 20.1 Å². The summed E-state index contributed by atoms with van der Waals surface area (Å²) in [5.41, 5.74) is 2.31. The zero-order valence-electron chi connectivity index (χ0n) is 19.0. The third-order valence-electron chi connectivity index (χ3n) is 6.44. The van der Waals surface area contributed by atoms with Crippen molar-refractivity contribution >= 4 is 29.9 Å². The summed E-state index contributed by atoms with van der Waals surface area (Å²) in [5.74, 6) is 0.903. The van der Waals surface area contributed by atoms with Crippen LogP contribution in [0.3, 0.4) is 0 Å². The van der Waals surface area contributed by atoms with Gasteiger partial charge in [-0.1, -0.05) is 43.2 Å². The molecule has 0 amide bonds. The largest absolute Gasteiger partial charge is 0.357 e. The Bertz CT molecular complexity index is 920. The molecule has 1 aliphatic heterocycles. The van der Waals surface area contributed by atoms with Crippen LogP contribution in [0.15, 0.2) is 58.4 Å². The summed E-state index contributed by atoms with van der Waals surface area (Å²) in [5, 5.41) is 7.05. The van der Waals surface area contributed by atoms with Gasteiger partial charge in [0.15, 0.2) is 5.96 Å². The van der Waals surface area contributed by atoms with Crippen molar-refractivity contribution in [3.8, 4) is 0 Å². The molecule has 1 atom stereocenters. The first-order valence-electron chi connectivity index (χ1n) is 11.7. The van der Waals surface area contributed by atoms with Gasteiger partial charge in [0.1, 0.15) is 0 Å². The zero-order chi connectivity index (χ0) is 21.5. The van der Waals surface area contributed by atoms with Gasteiger partial charge in [0.25, 0.3) is 5.56 Å². The molecule has 1 aliphatic carbocycles. The lowest BCUT2D eigenvalue weighted by molar-refractivity contribution is 0.242. The van der Waals surface area contributed by atoms with Crippen LogP contribution in [0.2, 0.25) is 0 Å². The van der Waals surface area contributed by atoms with E-state index in [1.165, 1.54) is 44.2 Å². The molecule has 0 bridgehead atoms. The molecule has 1 saturated heterocycles. The fraction of sp³-hybridized carbons (Fsp3) is 0.520. The topological polar surface area (TPSA) is 61.7 Å². The first-order valence-corrected chi connectivity index (χ1v) is 11.7. The average molecular weight is 550 g/mol. The summed E-state index contributed by atoms with van der Waals surface area (Å²) < 4.78 is 1.72. The highest BCUT2D eigenvalue weighted by Crippen LogP contribution is 2.26. The normalized spacial score (nSPS) is 19.7. The quantitative estimate of drug-likeness (QED) is 0.315. The molecule has 0 radical (unpaired) electrons. The molecule has 1 unspecified atom stereocenters. The summed E-state index contributed by atoms with van der Waals surface area (Å²) in [6.45, 7) is 6.52. The van der Waals surface area contributed by atoms with Crippen LogP contribution >= 0.6 is 24.0 Å². The number of halogens is 1. The third-order valence-corrected chi connectivity index (χ3v) is 6.44. The van der Waals surface area contributed by atoms with E-state index >= 15 is 0 Å². The van der Waals surface area contributed by atoms with Gasteiger partial charge in [-0.2, -0.15) is 0 Å². The molecule has 2 N–H and O–H groups in total. The molecule has 174 valence electrons. The van der Waals surface area contributed by atoms with Gasteiger partial charge in [-0.25, -0.2) is 4.99 Å². The number of guanidine groups is 1. The van der Waals surface area contributed by atoms with Gasteiger partial charge in [-0.05, 0) is 43.4 Å². The van der Waals surface area contributed by atoms with E-state index in [2.05, 4.69) is 46.7 Å². The van der Waals surface area contributed by atoms with Crippen molar-refractivity contribution in [3.05, 3.63) is 70.1 Å². The smallest absolute Gasteiger partial charge is 0.250 e. The Kier molecular flexibility index (Phi) is 9.59. The monoisotopic (exact) mass is 549 g/mol. The molecule has 2 aliphatic rings. The second-order valence-electron chi connectivity index (χ2n) is 8.74. The highest BCUT2D eigenvalue weighted by molar-refractivity contribution is 14.0. The zero-order valence-corrected chi connectivity index (χ0v) is 21.3. The molecule has 2 fully saturated rings. The predicted molar refractivity (Wildman–Crippen MR) is 142 cm³/mol. The Hall–Kier alpha value is -1.87. The number of aliphatic imine (C=N–C) groups is 1. The van der Waals surface area contributed by atoms with Crippen molar-refractivity contribution in [1.29, 1.82) is 0 Å². The number of nitrogens with zero attached hydrogens (tertiary/aromatic N) is 3. The minimum atomic E-state index is 0. The van der Waals surface area contributed by atoms with Gasteiger partial charge in [-0.3, -0.25) is 9.69 Å². The maximum absolute atomic E-state index is 11.9. The number of rotatable bonds is 7. The minimum absolute atomic E-state index is 0. The van der Waals surface area contributed by atoms with Gasteiger partial charge in [0, 0.05) is 44.0 Å². The molecule has 6 nitrogen and oxygen atoms in total. The summed E-state index contributed by atoms with van der Waals surface area (Å²) in [7, 11) is 0. The molecular formula is C25H36IN5O. The van der Waals surface area contributed by atoms with Gasteiger partial charge in [0.05, 0.1) is 13.1 Å².